The average Bonchev–Trinajstić information content (AvgIpc) is 2.95. The zero-order chi connectivity index (χ0) is 16.2. The van der Waals surface area contributed by atoms with Crippen LogP contribution in [0.25, 0.3) is 11.3 Å². The molecule has 0 radical (unpaired) electrons. The first-order valence-corrected chi connectivity index (χ1v) is 8.72. The molecule has 5 nitrogen and oxygen atoms in total. The van der Waals surface area contributed by atoms with Crippen molar-refractivity contribution in [2.24, 2.45) is 0 Å². The molecule has 2 aromatic rings. The molecule has 0 bridgehead atoms. The minimum atomic E-state index is -0.0563. The summed E-state index contributed by atoms with van der Waals surface area (Å²) >= 11 is 7.57. The quantitative estimate of drug-likeness (QED) is 0.919. The van der Waals surface area contributed by atoms with Crippen molar-refractivity contribution in [3.63, 3.8) is 0 Å². The minimum absolute atomic E-state index is 0.0563. The van der Waals surface area contributed by atoms with Crippen molar-refractivity contribution in [1.29, 1.82) is 0 Å². The Hall–Kier alpha value is -1.47. The van der Waals surface area contributed by atoms with E-state index in [0.717, 1.165) is 24.3 Å². The standard InChI is InChI=1S/C16H18ClN3O2S/c1-11-8-20(6-7-22-11)9-15(21)19-16-18-14(10-23-16)12-4-2-3-5-13(12)17/h2-5,10-11H,6-9H2,1H3,(H,18,19,21)/t11-/m0/s1. The number of carbonyl (C=O) groups is 1. The fourth-order valence-corrected chi connectivity index (χ4v) is 3.48. The van der Waals surface area contributed by atoms with E-state index in [1.807, 2.05) is 36.6 Å². The fourth-order valence-electron chi connectivity index (χ4n) is 2.52. The number of morpholine rings is 1. The van der Waals surface area contributed by atoms with Gasteiger partial charge in [0.2, 0.25) is 5.91 Å². The highest BCUT2D eigenvalue weighted by atomic mass is 35.5. The summed E-state index contributed by atoms with van der Waals surface area (Å²) in [5.41, 5.74) is 1.64. The number of rotatable bonds is 4. The van der Waals surface area contributed by atoms with Gasteiger partial charge in [-0.3, -0.25) is 9.69 Å². The molecule has 0 unspecified atom stereocenters. The Morgan fingerprint density at radius 3 is 3.13 bits per heavy atom. The Morgan fingerprint density at radius 2 is 2.35 bits per heavy atom. The second-order valence-electron chi connectivity index (χ2n) is 5.48. The van der Waals surface area contributed by atoms with Gasteiger partial charge in [0.25, 0.3) is 0 Å². The second-order valence-corrected chi connectivity index (χ2v) is 6.75. The Kier molecular flexibility index (Phi) is 5.27. The summed E-state index contributed by atoms with van der Waals surface area (Å²) < 4.78 is 5.48. The molecule has 1 atom stereocenters. The van der Waals surface area contributed by atoms with Crippen molar-refractivity contribution in [1.82, 2.24) is 9.88 Å². The molecule has 1 aliphatic rings. The van der Waals surface area contributed by atoms with E-state index in [1.165, 1.54) is 11.3 Å². The first-order valence-electron chi connectivity index (χ1n) is 7.46. The number of amides is 1. The number of carbonyl (C=O) groups excluding carboxylic acids is 1. The van der Waals surface area contributed by atoms with E-state index in [9.17, 15) is 4.79 Å². The van der Waals surface area contributed by atoms with E-state index in [2.05, 4.69) is 15.2 Å². The van der Waals surface area contributed by atoms with Gasteiger partial charge in [-0.2, -0.15) is 0 Å². The summed E-state index contributed by atoms with van der Waals surface area (Å²) in [6.45, 7) is 4.59. The molecule has 1 amide bonds. The van der Waals surface area contributed by atoms with Crippen molar-refractivity contribution in [2.75, 3.05) is 31.6 Å². The van der Waals surface area contributed by atoms with Crippen LogP contribution in [0.5, 0.6) is 0 Å². The number of hydrogen-bond donors (Lipinski definition) is 1. The molecule has 2 heterocycles. The number of nitrogens with one attached hydrogen (secondary N) is 1. The largest absolute Gasteiger partial charge is 0.376 e. The molecule has 0 saturated carbocycles. The first-order chi connectivity index (χ1) is 11.1. The topological polar surface area (TPSA) is 54.5 Å². The van der Waals surface area contributed by atoms with Gasteiger partial charge in [0.15, 0.2) is 5.13 Å². The van der Waals surface area contributed by atoms with Crippen LogP contribution in [0, 0.1) is 0 Å². The molecular weight excluding hydrogens is 334 g/mol. The van der Waals surface area contributed by atoms with Crippen LogP contribution in [0.15, 0.2) is 29.6 Å². The van der Waals surface area contributed by atoms with E-state index in [-0.39, 0.29) is 12.0 Å². The molecule has 0 aliphatic carbocycles. The van der Waals surface area contributed by atoms with Crippen LogP contribution in [-0.2, 0) is 9.53 Å². The van der Waals surface area contributed by atoms with Crippen molar-refractivity contribution in [3.05, 3.63) is 34.7 Å². The summed E-state index contributed by atoms with van der Waals surface area (Å²) in [4.78, 5) is 18.7. The molecule has 1 N–H and O–H groups in total. The summed E-state index contributed by atoms with van der Waals surface area (Å²) in [6.07, 6.45) is 0.170. The predicted octanol–water partition coefficient (Wildman–Crippen LogP) is 3.12. The summed E-state index contributed by atoms with van der Waals surface area (Å²) in [5.74, 6) is -0.0563. The van der Waals surface area contributed by atoms with E-state index in [4.69, 9.17) is 16.3 Å². The molecule has 1 aromatic heterocycles. The molecule has 1 saturated heterocycles. The maximum Gasteiger partial charge on any atom is 0.240 e. The summed E-state index contributed by atoms with van der Waals surface area (Å²) in [7, 11) is 0. The third-order valence-electron chi connectivity index (χ3n) is 3.59. The number of nitrogens with zero attached hydrogens (tertiary/aromatic N) is 2. The maximum atomic E-state index is 12.1. The highest BCUT2D eigenvalue weighted by Gasteiger charge is 2.19. The van der Waals surface area contributed by atoms with Crippen molar-refractivity contribution < 1.29 is 9.53 Å². The zero-order valence-corrected chi connectivity index (χ0v) is 14.4. The number of anilines is 1. The number of benzene rings is 1. The number of thiazole rings is 1. The number of hydrogen-bond acceptors (Lipinski definition) is 5. The molecule has 3 rings (SSSR count). The lowest BCUT2D eigenvalue weighted by atomic mass is 10.2. The van der Waals surface area contributed by atoms with E-state index >= 15 is 0 Å². The van der Waals surface area contributed by atoms with Crippen LogP contribution >= 0.6 is 22.9 Å². The van der Waals surface area contributed by atoms with Gasteiger partial charge in [0.1, 0.15) is 0 Å². The number of ether oxygens (including phenoxy) is 1. The Balaban J connectivity index is 1.60. The summed E-state index contributed by atoms with van der Waals surface area (Å²) in [5, 5.41) is 5.99. The van der Waals surface area contributed by atoms with Gasteiger partial charge in [-0.1, -0.05) is 29.8 Å². The number of aromatic nitrogens is 1. The van der Waals surface area contributed by atoms with Gasteiger partial charge in [-0.15, -0.1) is 11.3 Å². The van der Waals surface area contributed by atoms with Crippen LogP contribution in [0.2, 0.25) is 5.02 Å². The minimum Gasteiger partial charge on any atom is -0.376 e. The fraction of sp³-hybridized carbons (Fsp3) is 0.375. The predicted molar refractivity (Wildman–Crippen MR) is 93.0 cm³/mol. The lowest BCUT2D eigenvalue weighted by Gasteiger charge is -2.30. The Bertz CT molecular complexity index is 691. The van der Waals surface area contributed by atoms with Gasteiger partial charge in [-0.05, 0) is 13.0 Å². The van der Waals surface area contributed by atoms with E-state index in [0.29, 0.717) is 23.3 Å². The maximum absolute atomic E-state index is 12.1. The van der Waals surface area contributed by atoms with Crippen LogP contribution < -0.4 is 5.32 Å². The zero-order valence-electron chi connectivity index (χ0n) is 12.8. The van der Waals surface area contributed by atoms with E-state index in [1.54, 1.807) is 0 Å². The molecule has 23 heavy (non-hydrogen) atoms. The average molecular weight is 352 g/mol. The van der Waals surface area contributed by atoms with Gasteiger partial charge in [-0.25, -0.2) is 4.98 Å². The summed E-state index contributed by atoms with van der Waals surface area (Å²) in [6, 6.07) is 7.54. The van der Waals surface area contributed by atoms with Gasteiger partial charge in [0, 0.05) is 29.1 Å². The van der Waals surface area contributed by atoms with Gasteiger partial charge >= 0.3 is 0 Å². The third-order valence-corrected chi connectivity index (χ3v) is 4.68. The van der Waals surface area contributed by atoms with Crippen molar-refractivity contribution >= 4 is 34.0 Å². The third kappa shape index (κ3) is 4.29. The molecule has 1 fully saturated rings. The van der Waals surface area contributed by atoms with Gasteiger partial charge in [0.05, 0.1) is 24.9 Å². The van der Waals surface area contributed by atoms with Crippen LogP contribution in [0.4, 0.5) is 5.13 Å². The van der Waals surface area contributed by atoms with Crippen LogP contribution in [0.1, 0.15) is 6.92 Å². The second kappa shape index (κ2) is 7.40. The lowest BCUT2D eigenvalue weighted by molar-refractivity contribution is -0.119. The van der Waals surface area contributed by atoms with Gasteiger partial charge < -0.3 is 10.1 Å². The van der Waals surface area contributed by atoms with E-state index < -0.39 is 0 Å². The van der Waals surface area contributed by atoms with Crippen LogP contribution in [0.3, 0.4) is 0 Å². The Labute approximate surface area is 144 Å². The van der Waals surface area contributed by atoms with Crippen LogP contribution in [-0.4, -0.2) is 48.1 Å². The van der Waals surface area contributed by atoms with Crippen molar-refractivity contribution in [2.45, 2.75) is 13.0 Å². The number of halogens is 1. The molecule has 1 aromatic carbocycles. The molecule has 122 valence electrons. The lowest BCUT2D eigenvalue weighted by Crippen LogP contribution is -2.44. The molecule has 1 aliphatic heterocycles. The van der Waals surface area contributed by atoms with Crippen molar-refractivity contribution in [3.8, 4) is 11.3 Å². The molecule has 0 spiro atoms. The monoisotopic (exact) mass is 351 g/mol. The SMILES string of the molecule is C[C@H]1CN(CC(=O)Nc2nc(-c3ccccc3Cl)cs2)CCO1. The smallest absolute Gasteiger partial charge is 0.240 e. The Morgan fingerprint density at radius 1 is 1.52 bits per heavy atom. The highest BCUT2D eigenvalue weighted by Crippen LogP contribution is 2.30. The first kappa shape index (κ1) is 16.4. The molecule has 7 heteroatoms. The molecular formula is C16H18ClN3O2S. The normalized spacial score (nSPS) is 18.8. The highest BCUT2D eigenvalue weighted by molar-refractivity contribution is 7.14.